The van der Waals surface area contributed by atoms with Crippen LogP contribution in [0.5, 0.6) is 0 Å². The van der Waals surface area contributed by atoms with Crippen molar-refractivity contribution in [3.63, 3.8) is 0 Å². The Morgan fingerprint density at radius 3 is 2.85 bits per heavy atom. The fourth-order valence-corrected chi connectivity index (χ4v) is 1.20. The van der Waals surface area contributed by atoms with Gasteiger partial charge in [0, 0.05) is 18.1 Å². The molecule has 0 amide bonds. The first-order chi connectivity index (χ1) is 6.38. The molecular formula is C11H16N2. The zero-order valence-electron chi connectivity index (χ0n) is 8.49. The Hall–Kier alpha value is -1.31. The summed E-state index contributed by atoms with van der Waals surface area (Å²) in [5.74, 6) is 1.02. The molecule has 2 heterocycles. The van der Waals surface area contributed by atoms with Crippen LogP contribution in [0.15, 0.2) is 18.3 Å². The summed E-state index contributed by atoms with van der Waals surface area (Å²) in [6.07, 6.45) is 11.2. The first-order valence-electron chi connectivity index (χ1n) is 4.75. The van der Waals surface area contributed by atoms with E-state index in [1.54, 1.807) is 0 Å². The van der Waals surface area contributed by atoms with Crippen molar-refractivity contribution in [2.75, 3.05) is 0 Å². The molecule has 0 bridgehead atoms. The van der Waals surface area contributed by atoms with Gasteiger partial charge in [0.05, 0.1) is 0 Å². The van der Waals surface area contributed by atoms with Crippen LogP contribution in [0.4, 0.5) is 0 Å². The van der Waals surface area contributed by atoms with Crippen LogP contribution in [0.3, 0.4) is 0 Å². The molecule has 0 saturated heterocycles. The van der Waals surface area contributed by atoms with Crippen LogP contribution >= 0.6 is 0 Å². The van der Waals surface area contributed by atoms with Gasteiger partial charge in [-0.2, -0.15) is 0 Å². The van der Waals surface area contributed by atoms with Gasteiger partial charge in [-0.25, -0.2) is 4.98 Å². The second-order valence-electron chi connectivity index (χ2n) is 2.65. The Labute approximate surface area is 79.6 Å². The molecule has 1 aromatic heterocycles. The van der Waals surface area contributed by atoms with Crippen LogP contribution in [0, 0.1) is 6.92 Å². The van der Waals surface area contributed by atoms with Crippen molar-refractivity contribution in [1.29, 1.82) is 0 Å². The van der Waals surface area contributed by atoms with E-state index in [4.69, 9.17) is 0 Å². The van der Waals surface area contributed by atoms with Crippen LogP contribution in [0.25, 0.3) is 12.3 Å². The third-order valence-electron chi connectivity index (χ3n) is 1.80. The zero-order valence-corrected chi connectivity index (χ0v) is 8.49. The molecule has 2 rings (SSSR count). The highest BCUT2D eigenvalue weighted by molar-refractivity contribution is 5.49. The van der Waals surface area contributed by atoms with Gasteiger partial charge in [-0.05, 0) is 19.4 Å². The van der Waals surface area contributed by atoms with Gasteiger partial charge < -0.3 is 4.57 Å². The van der Waals surface area contributed by atoms with Crippen LogP contribution in [-0.2, 0) is 0 Å². The fraction of sp³-hybridized carbons (Fsp3) is 0.364. The number of hydrogen-bond donors (Lipinski definition) is 0. The fourth-order valence-electron chi connectivity index (χ4n) is 1.20. The lowest BCUT2D eigenvalue weighted by molar-refractivity contribution is 1.05. The standard InChI is InChI=1S/C9H10N2.C2H6/c1-8-7-10-9-5-3-2-4-6-11(8)9;1-2/h3-7H,2H2,1H3;1-2H3. The molecule has 0 aromatic carbocycles. The number of rotatable bonds is 0. The van der Waals surface area contributed by atoms with E-state index in [0.29, 0.717) is 0 Å². The molecule has 13 heavy (non-hydrogen) atoms. The number of allylic oxidation sites excluding steroid dienone is 2. The molecule has 1 aliphatic heterocycles. The van der Waals surface area contributed by atoms with E-state index in [1.165, 1.54) is 5.69 Å². The second-order valence-corrected chi connectivity index (χ2v) is 2.65. The molecule has 0 aliphatic carbocycles. The number of aromatic nitrogens is 2. The SMILES string of the molecule is CC.Cc1cnc2n1C=CCC=C2. The molecule has 70 valence electrons. The smallest absolute Gasteiger partial charge is 0.136 e. The Morgan fingerprint density at radius 2 is 2.08 bits per heavy atom. The molecule has 2 nitrogen and oxygen atoms in total. The first kappa shape index (κ1) is 9.78. The summed E-state index contributed by atoms with van der Waals surface area (Å²) in [6, 6.07) is 0. The number of imidazole rings is 1. The topological polar surface area (TPSA) is 17.8 Å². The predicted molar refractivity (Wildman–Crippen MR) is 57.3 cm³/mol. The van der Waals surface area contributed by atoms with E-state index >= 15 is 0 Å². The van der Waals surface area contributed by atoms with E-state index in [9.17, 15) is 0 Å². The summed E-state index contributed by atoms with van der Waals surface area (Å²) >= 11 is 0. The third-order valence-corrected chi connectivity index (χ3v) is 1.80. The van der Waals surface area contributed by atoms with Crippen LogP contribution in [0.1, 0.15) is 31.8 Å². The third kappa shape index (κ3) is 2.08. The molecule has 0 radical (unpaired) electrons. The van der Waals surface area contributed by atoms with Crippen LogP contribution < -0.4 is 0 Å². The quantitative estimate of drug-likeness (QED) is 0.594. The summed E-state index contributed by atoms with van der Waals surface area (Å²) in [4.78, 5) is 4.24. The molecule has 0 unspecified atom stereocenters. The summed E-state index contributed by atoms with van der Waals surface area (Å²) in [7, 11) is 0. The minimum Gasteiger partial charge on any atom is -0.305 e. The van der Waals surface area contributed by atoms with Crippen molar-refractivity contribution in [1.82, 2.24) is 9.55 Å². The monoisotopic (exact) mass is 176 g/mol. The highest BCUT2D eigenvalue weighted by Crippen LogP contribution is 2.10. The van der Waals surface area contributed by atoms with E-state index in [0.717, 1.165) is 12.2 Å². The summed E-state index contributed by atoms with van der Waals surface area (Å²) < 4.78 is 2.09. The van der Waals surface area contributed by atoms with Crippen molar-refractivity contribution < 1.29 is 0 Å². The van der Waals surface area contributed by atoms with Gasteiger partial charge in [0.15, 0.2) is 0 Å². The number of aryl methyl sites for hydroxylation is 1. The highest BCUT2D eigenvalue weighted by Gasteiger charge is 2.01. The molecule has 0 N–H and O–H groups in total. The van der Waals surface area contributed by atoms with Crippen molar-refractivity contribution in [3.8, 4) is 0 Å². The molecule has 1 aliphatic rings. The average molecular weight is 176 g/mol. The van der Waals surface area contributed by atoms with Crippen molar-refractivity contribution >= 4 is 12.3 Å². The average Bonchev–Trinajstić information content (AvgIpc) is 2.44. The maximum Gasteiger partial charge on any atom is 0.136 e. The van der Waals surface area contributed by atoms with Crippen molar-refractivity contribution in [2.24, 2.45) is 0 Å². The van der Waals surface area contributed by atoms with E-state index < -0.39 is 0 Å². The molecule has 0 saturated carbocycles. The van der Waals surface area contributed by atoms with Gasteiger partial charge in [0.25, 0.3) is 0 Å². The number of fused-ring (bicyclic) bond motifs is 1. The summed E-state index contributed by atoms with van der Waals surface area (Å²) in [5, 5.41) is 0. The van der Waals surface area contributed by atoms with Gasteiger partial charge in [-0.1, -0.05) is 26.0 Å². The second kappa shape index (κ2) is 4.65. The van der Waals surface area contributed by atoms with E-state index in [2.05, 4.69) is 34.8 Å². The van der Waals surface area contributed by atoms with Gasteiger partial charge in [0.2, 0.25) is 0 Å². The lowest BCUT2D eigenvalue weighted by atomic mass is 10.4. The number of hydrogen-bond acceptors (Lipinski definition) is 1. The molecular weight excluding hydrogens is 160 g/mol. The Bertz CT molecular complexity index is 319. The molecule has 0 atom stereocenters. The predicted octanol–water partition coefficient (Wildman–Crippen LogP) is 3.11. The van der Waals surface area contributed by atoms with Gasteiger partial charge in [0.1, 0.15) is 5.82 Å². The lowest BCUT2D eigenvalue weighted by Crippen LogP contribution is -1.90. The molecule has 0 spiro atoms. The van der Waals surface area contributed by atoms with Crippen LogP contribution in [0.2, 0.25) is 0 Å². The Balaban J connectivity index is 0.000000396. The number of nitrogens with zero attached hydrogens (tertiary/aromatic N) is 2. The van der Waals surface area contributed by atoms with E-state index in [1.807, 2.05) is 26.1 Å². The van der Waals surface area contributed by atoms with Crippen molar-refractivity contribution in [3.05, 3.63) is 29.9 Å². The normalized spacial score (nSPS) is 12.8. The minimum absolute atomic E-state index is 1.00. The minimum atomic E-state index is 1.00. The largest absolute Gasteiger partial charge is 0.305 e. The summed E-state index contributed by atoms with van der Waals surface area (Å²) in [6.45, 7) is 6.06. The zero-order chi connectivity index (χ0) is 9.68. The maximum atomic E-state index is 4.24. The molecule has 0 fully saturated rings. The van der Waals surface area contributed by atoms with Crippen molar-refractivity contribution in [2.45, 2.75) is 27.2 Å². The van der Waals surface area contributed by atoms with E-state index in [-0.39, 0.29) is 0 Å². The molecule has 1 aromatic rings. The summed E-state index contributed by atoms with van der Waals surface area (Å²) in [5.41, 5.74) is 1.18. The lowest BCUT2D eigenvalue weighted by Gasteiger charge is -1.96. The highest BCUT2D eigenvalue weighted by atomic mass is 15.1. The Morgan fingerprint density at radius 1 is 1.31 bits per heavy atom. The van der Waals surface area contributed by atoms with Gasteiger partial charge in [-0.15, -0.1) is 0 Å². The molecule has 2 heteroatoms. The first-order valence-corrected chi connectivity index (χ1v) is 4.75. The van der Waals surface area contributed by atoms with Crippen LogP contribution in [-0.4, -0.2) is 9.55 Å². The maximum absolute atomic E-state index is 4.24. The van der Waals surface area contributed by atoms with Gasteiger partial charge in [-0.3, -0.25) is 0 Å². The van der Waals surface area contributed by atoms with Gasteiger partial charge >= 0.3 is 0 Å². The Kier molecular flexibility index (Phi) is 3.50.